The average Bonchev–Trinajstić information content (AvgIpc) is 2.86. The lowest BCUT2D eigenvalue weighted by atomic mass is 9.97. The number of para-hydroxylation sites is 1. The Bertz CT molecular complexity index is 1440. The Labute approximate surface area is 215 Å². The smallest absolute Gasteiger partial charge is 0.335 e. The molecule has 0 amide bonds. The maximum Gasteiger partial charge on any atom is 0.335 e. The van der Waals surface area contributed by atoms with Crippen LogP contribution < -0.4 is 14.9 Å². The van der Waals surface area contributed by atoms with Gasteiger partial charge in [-0.05, 0) is 51.1 Å². The number of carboxylic acid groups (broad SMARTS) is 1. The zero-order valence-corrected chi connectivity index (χ0v) is 20.5. The number of hydrogen-bond acceptors (Lipinski definition) is 11. The maximum atomic E-state index is 12.7. The molecule has 1 aromatic heterocycles. The van der Waals surface area contributed by atoms with E-state index in [1.54, 1.807) is 32.9 Å². The molecule has 0 unspecified atom stereocenters. The number of aliphatic carboxylic acids is 1. The quantitative estimate of drug-likeness (QED) is 0.235. The summed E-state index contributed by atoms with van der Waals surface area (Å²) in [4.78, 5) is 36.8. The molecule has 1 fully saturated rings. The highest BCUT2D eigenvalue weighted by atomic mass is 16.7. The normalized spacial score (nSPS) is 23.7. The number of ether oxygens (including phenoxy) is 3. The molecule has 2 heterocycles. The van der Waals surface area contributed by atoms with E-state index in [-0.39, 0.29) is 33.8 Å². The molecule has 5 atom stereocenters. The van der Waals surface area contributed by atoms with Gasteiger partial charge in [0.25, 0.3) is 0 Å². The van der Waals surface area contributed by atoms with Crippen LogP contribution in [0.5, 0.6) is 17.2 Å². The van der Waals surface area contributed by atoms with E-state index < -0.39 is 59.2 Å². The van der Waals surface area contributed by atoms with Crippen LogP contribution in [-0.4, -0.2) is 68.2 Å². The molecule has 38 heavy (non-hydrogen) atoms. The summed E-state index contributed by atoms with van der Waals surface area (Å²) in [7, 11) is 0. The van der Waals surface area contributed by atoms with E-state index in [4.69, 9.17) is 18.6 Å². The molecule has 12 heteroatoms. The fourth-order valence-electron chi connectivity index (χ4n) is 3.68. The minimum Gasteiger partial charge on any atom is -0.502 e. The second kappa shape index (κ2) is 10.1. The predicted octanol–water partition coefficient (Wildman–Crippen LogP) is 1.39. The van der Waals surface area contributed by atoms with Crippen molar-refractivity contribution in [2.75, 3.05) is 0 Å². The Morgan fingerprint density at radius 1 is 0.947 bits per heavy atom. The number of benzene rings is 2. The number of carboxylic acids is 1. The van der Waals surface area contributed by atoms with Gasteiger partial charge >= 0.3 is 11.9 Å². The third-order valence-electron chi connectivity index (χ3n) is 5.85. The van der Waals surface area contributed by atoms with Gasteiger partial charge in [-0.25, -0.2) is 4.79 Å². The molecule has 202 valence electrons. The molecule has 0 spiro atoms. The minimum absolute atomic E-state index is 0.124. The summed E-state index contributed by atoms with van der Waals surface area (Å²) in [5, 5.41) is 50.3. The molecule has 2 aromatic carbocycles. The summed E-state index contributed by atoms with van der Waals surface area (Å²) in [6.45, 7) is 4.78. The molecule has 3 aromatic rings. The van der Waals surface area contributed by atoms with Crippen molar-refractivity contribution in [3.05, 3.63) is 52.7 Å². The van der Waals surface area contributed by atoms with Crippen LogP contribution >= 0.6 is 0 Å². The van der Waals surface area contributed by atoms with Crippen LogP contribution in [0.2, 0.25) is 0 Å². The molecule has 12 nitrogen and oxygen atoms in total. The lowest BCUT2D eigenvalue weighted by Crippen LogP contribution is -2.61. The number of hydrogen-bond donors (Lipinski definition) is 5. The van der Waals surface area contributed by atoms with Crippen LogP contribution in [-0.2, 0) is 14.3 Å². The molecule has 0 aliphatic carbocycles. The maximum absolute atomic E-state index is 12.7. The summed E-state index contributed by atoms with van der Waals surface area (Å²) in [6.07, 6.45) is -9.41. The van der Waals surface area contributed by atoms with Crippen molar-refractivity contribution < 1.29 is 53.7 Å². The molecule has 1 saturated heterocycles. The van der Waals surface area contributed by atoms with Crippen molar-refractivity contribution >= 4 is 22.9 Å². The van der Waals surface area contributed by atoms with Crippen LogP contribution in [0, 0.1) is 5.41 Å². The van der Waals surface area contributed by atoms with Gasteiger partial charge in [0.2, 0.25) is 17.5 Å². The van der Waals surface area contributed by atoms with E-state index in [0.717, 1.165) is 0 Å². The third-order valence-corrected chi connectivity index (χ3v) is 5.85. The molecule has 0 saturated carbocycles. The summed E-state index contributed by atoms with van der Waals surface area (Å²) in [5.41, 5.74) is -1.33. The van der Waals surface area contributed by atoms with Gasteiger partial charge in [-0.1, -0.05) is 12.1 Å². The van der Waals surface area contributed by atoms with Crippen molar-refractivity contribution in [1.29, 1.82) is 0 Å². The largest absolute Gasteiger partial charge is 0.502 e. The Morgan fingerprint density at radius 2 is 1.63 bits per heavy atom. The first-order chi connectivity index (χ1) is 17.8. The fraction of sp³-hybridized carbons (Fsp3) is 0.346. The van der Waals surface area contributed by atoms with Crippen molar-refractivity contribution in [3.8, 4) is 28.6 Å². The molecule has 1 aliphatic heterocycles. The van der Waals surface area contributed by atoms with Gasteiger partial charge in [-0.3, -0.25) is 9.59 Å². The minimum atomic E-state index is -1.93. The van der Waals surface area contributed by atoms with E-state index in [9.17, 15) is 39.9 Å². The van der Waals surface area contributed by atoms with E-state index >= 15 is 0 Å². The topological polar surface area (TPSA) is 193 Å². The lowest BCUT2D eigenvalue weighted by molar-refractivity contribution is -0.271. The van der Waals surface area contributed by atoms with Crippen molar-refractivity contribution in [3.63, 3.8) is 0 Å². The van der Waals surface area contributed by atoms with Crippen LogP contribution in [0.15, 0.2) is 51.7 Å². The van der Waals surface area contributed by atoms with Crippen molar-refractivity contribution in [1.82, 2.24) is 0 Å². The summed E-state index contributed by atoms with van der Waals surface area (Å²) in [6, 6.07) is 10.1. The highest BCUT2D eigenvalue weighted by Gasteiger charge is 2.48. The first kappa shape index (κ1) is 27.1. The van der Waals surface area contributed by atoms with Gasteiger partial charge in [-0.15, -0.1) is 0 Å². The van der Waals surface area contributed by atoms with Gasteiger partial charge in [0, 0.05) is 5.56 Å². The van der Waals surface area contributed by atoms with Crippen molar-refractivity contribution in [2.45, 2.75) is 51.5 Å². The Morgan fingerprint density at radius 3 is 2.29 bits per heavy atom. The zero-order valence-electron chi connectivity index (χ0n) is 20.5. The number of fused-ring (bicyclic) bond motifs is 1. The van der Waals surface area contributed by atoms with E-state index in [1.807, 2.05) is 0 Å². The Balaban J connectivity index is 1.78. The standard InChI is InChI=1S/C26H26O12/c1-26(2,3)25(34)37-15-10-11(21-18(29)16(27)12-6-4-5-7-13(12)35-21)8-9-14(15)36-24-20(31)17(28)19(30)22(38-24)23(32)33/h4-10,17,19-20,22,24,28-31H,1-3H3,(H,32,33)/t17-,19-,20+,22-,24+/m1/s1. The van der Waals surface area contributed by atoms with Gasteiger partial charge in [0.15, 0.2) is 23.4 Å². The first-order valence-electron chi connectivity index (χ1n) is 11.5. The number of rotatable bonds is 5. The highest BCUT2D eigenvalue weighted by molar-refractivity contribution is 5.83. The Hall–Kier alpha value is -3.97. The van der Waals surface area contributed by atoms with Gasteiger partial charge in [0.05, 0.1) is 10.8 Å². The lowest BCUT2D eigenvalue weighted by Gasteiger charge is -2.38. The second-order valence-electron chi connectivity index (χ2n) is 9.76. The molecular weight excluding hydrogens is 504 g/mol. The van der Waals surface area contributed by atoms with Crippen LogP contribution in [0.3, 0.4) is 0 Å². The van der Waals surface area contributed by atoms with E-state index in [1.165, 1.54) is 30.3 Å². The van der Waals surface area contributed by atoms with Gasteiger partial charge in [-0.2, -0.15) is 0 Å². The van der Waals surface area contributed by atoms with Crippen LogP contribution in [0.25, 0.3) is 22.3 Å². The van der Waals surface area contributed by atoms with Gasteiger partial charge < -0.3 is 44.2 Å². The first-order valence-corrected chi connectivity index (χ1v) is 11.5. The number of aliphatic hydroxyl groups excluding tert-OH is 3. The summed E-state index contributed by atoms with van der Waals surface area (Å²) >= 11 is 0. The molecular formula is C26H26O12. The zero-order chi connectivity index (χ0) is 27.9. The van der Waals surface area contributed by atoms with Crippen LogP contribution in [0.4, 0.5) is 0 Å². The highest BCUT2D eigenvalue weighted by Crippen LogP contribution is 2.39. The average molecular weight is 530 g/mol. The van der Waals surface area contributed by atoms with E-state index in [0.29, 0.717) is 0 Å². The van der Waals surface area contributed by atoms with Crippen molar-refractivity contribution in [2.24, 2.45) is 5.41 Å². The second-order valence-corrected chi connectivity index (χ2v) is 9.76. The SMILES string of the molecule is CC(C)(C)C(=O)Oc1cc(-c2oc3ccccc3c(=O)c2O)ccc1O[C@H]1O[C@@H](C(=O)O)[C@H](O)[C@@H](O)[C@@H]1O. The number of carbonyl (C=O) groups is 2. The summed E-state index contributed by atoms with van der Waals surface area (Å²) in [5.74, 6) is -3.67. The fourth-order valence-corrected chi connectivity index (χ4v) is 3.68. The number of esters is 1. The molecule has 4 rings (SSSR count). The van der Waals surface area contributed by atoms with Gasteiger partial charge in [0.1, 0.15) is 23.9 Å². The number of aromatic hydroxyl groups is 1. The van der Waals surface area contributed by atoms with E-state index in [2.05, 4.69) is 0 Å². The monoisotopic (exact) mass is 530 g/mol. The summed E-state index contributed by atoms with van der Waals surface area (Å²) < 4.78 is 22.0. The number of carbonyl (C=O) groups excluding carboxylic acids is 1. The predicted molar refractivity (Wildman–Crippen MR) is 130 cm³/mol. The Kier molecular flexibility index (Phi) is 7.17. The molecule has 5 N–H and O–H groups in total. The molecule has 0 radical (unpaired) electrons. The van der Waals surface area contributed by atoms with Crippen LogP contribution in [0.1, 0.15) is 20.8 Å². The molecule has 1 aliphatic rings. The molecule has 0 bridgehead atoms. The number of aliphatic hydroxyl groups is 3. The third kappa shape index (κ3) is 5.07.